The molecule has 2 atom stereocenters. The van der Waals surface area contributed by atoms with Crippen LogP contribution in [0.5, 0.6) is 0 Å². The molecule has 0 spiro atoms. The van der Waals surface area contributed by atoms with Crippen LogP contribution >= 0.6 is 0 Å². The zero-order valence-electron chi connectivity index (χ0n) is 6.62. The minimum Gasteiger partial charge on any atom is -0.297 e. The number of hydrogen-bond acceptors (Lipinski definition) is 4. The van der Waals surface area contributed by atoms with E-state index in [0.717, 1.165) is 0 Å². The molecule has 0 aromatic rings. The van der Waals surface area contributed by atoms with Crippen molar-refractivity contribution in [3.8, 4) is 0 Å². The summed E-state index contributed by atoms with van der Waals surface area (Å²) in [4.78, 5) is 10.1. The van der Waals surface area contributed by atoms with Crippen molar-refractivity contribution in [2.45, 2.75) is 12.1 Å². The van der Waals surface area contributed by atoms with Gasteiger partial charge in [-0.05, 0) is 6.08 Å². The molecular weight excluding hydrogens is 156 g/mol. The highest BCUT2D eigenvalue weighted by Crippen LogP contribution is 2.04. The van der Waals surface area contributed by atoms with Gasteiger partial charge in [-0.2, -0.15) is 11.0 Å². The van der Waals surface area contributed by atoms with Crippen molar-refractivity contribution in [3.63, 3.8) is 0 Å². The van der Waals surface area contributed by atoms with Gasteiger partial charge in [-0.1, -0.05) is 18.2 Å². The summed E-state index contributed by atoms with van der Waals surface area (Å²) >= 11 is 0. The normalized spacial score (nSPS) is 35.3. The smallest absolute Gasteiger partial charge is 0.0870 e. The summed E-state index contributed by atoms with van der Waals surface area (Å²) in [6.45, 7) is 1.20. The lowest BCUT2D eigenvalue weighted by Gasteiger charge is -2.26. The van der Waals surface area contributed by atoms with E-state index in [2.05, 4.69) is 17.0 Å². The summed E-state index contributed by atoms with van der Waals surface area (Å²) in [5, 5.41) is 0. The molecule has 2 heterocycles. The molecule has 65 valence electrons. The van der Waals surface area contributed by atoms with Gasteiger partial charge in [0.2, 0.25) is 0 Å². The van der Waals surface area contributed by atoms with Gasteiger partial charge in [-0.25, -0.2) is 0 Å². The SMILES string of the molecule is [C]1=CCONC1C1C=CCON1. The molecular formula is C8H11N2O2. The van der Waals surface area contributed by atoms with E-state index in [0.29, 0.717) is 13.2 Å². The third-order valence-electron chi connectivity index (χ3n) is 1.78. The van der Waals surface area contributed by atoms with E-state index >= 15 is 0 Å². The van der Waals surface area contributed by atoms with Crippen LogP contribution in [0.3, 0.4) is 0 Å². The number of hydrogen-bond donors (Lipinski definition) is 2. The predicted molar refractivity (Wildman–Crippen MR) is 42.7 cm³/mol. The highest BCUT2D eigenvalue weighted by molar-refractivity contribution is 5.05. The molecule has 0 fully saturated rings. The maximum absolute atomic E-state index is 5.05. The van der Waals surface area contributed by atoms with Crippen LogP contribution in [0.15, 0.2) is 18.2 Å². The minimum absolute atomic E-state index is 0.0373. The van der Waals surface area contributed by atoms with Gasteiger partial charge < -0.3 is 0 Å². The Morgan fingerprint density at radius 2 is 2.17 bits per heavy atom. The zero-order chi connectivity index (χ0) is 8.23. The molecule has 2 aliphatic heterocycles. The molecule has 0 saturated heterocycles. The largest absolute Gasteiger partial charge is 0.297 e. The fraction of sp³-hybridized carbons (Fsp3) is 0.500. The zero-order valence-corrected chi connectivity index (χ0v) is 6.62. The highest BCUT2D eigenvalue weighted by atomic mass is 16.7. The Morgan fingerprint density at radius 1 is 1.25 bits per heavy atom. The van der Waals surface area contributed by atoms with Gasteiger partial charge in [0.1, 0.15) is 0 Å². The third-order valence-corrected chi connectivity index (χ3v) is 1.78. The fourth-order valence-electron chi connectivity index (χ4n) is 1.18. The second-order valence-electron chi connectivity index (χ2n) is 2.66. The van der Waals surface area contributed by atoms with Crippen molar-refractivity contribution in [1.29, 1.82) is 0 Å². The van der Waals surface area contributed by atoms with Crippen LogP contribution in [-0.4, -0.2) is 25.3 Å². The number of hydroxylamine groups is 2. The monoisotopic (exact) mass is 167 g/mol. The van der Waals surface area contributed by atoms with Gasteiger partial charge in [0, 0.05) is 0 Å². The summed E-state index contributed by atoms with van der Waals surface area (Å²) in [5.41, 5.74) is 5.73. The van der Waals surface area contributed by atoms with Gasteiger partial charge in [-0.3, -0.25) is 9.68 Å². The Hall–Kier alpha value is -0.680. The molecule has 0 saturated carbocycles. The Bertz CT molecular complexity index is 181. The molecule has 12 heavy (non-hydrogen) atoms. The Labute approximate surface area is 71.1 Å². The van der Waals surface area contributed by atoms with E-state index in [-0.39, 0.29) is 12.1 Å². The highest BCUT2D eigenvalue weighted by Gasteiger charge is 2.20. The van der Waals surface area contributed by atoms with Crippen molar-refractivity contribution in [1.82, 2.24) is 11.0 Å². The van der Waals surface area contributed by atoms with Crippen molar-refractivity contribution in [2.24, 2.45) is 0 Å². The van der Waals surface area contributed by atoms with E-state index < -0.39 is 0 Å². The van der Waals surface area contributed by atoms with Crippen LogP contribution in [0, 0.1) is 6.08 Å². The molecule has 2 rings (SSSR count). The van der Waals surface area contributed by atoms with Crippen molar-refractivity contribution in [3.05, 3.63) is 24.3 Å². The first-order chi connectivity index (χ1) is 5.97. The van der Waals surface area contributed by atoms with Gasteiger partial charge >= 0.3 is 0 Å². The fourth-order valence-corrected chi connectivity index (χ4v) is 1.18. The van der Waals surface area contributed by atoms with E-state index in [9.17, 15) is 0 Å². The molecule has 0 aromatic carbocycles. The molecule has 2 N–H and O–H groups in total. The van der Waals surface area contributed by atoms with Crippen LogP contribution in [0.1, 0.15) is 0 Å². The third kappa shape index (κ3) is 1.73. The van der Waals surface area contributed by atoms with E-state index in [4.69, 9.17) is 9.68 Å². The Kier molecular flexibility index (Phi) is 2.53. The quantitative estimate of drug-likeness (QED) is 0.527. The molecule has 4 nitrogen and oxygen atoms in total. The van der Waals surface area contributed by atoms with Crippen LogP contribution < -0.4 is 11.0 Å². The average Bonchev–Trinajstić information content (AvgIpc) is 2.21. The first kappa shape index (κ1) is 7.94. The van der Waals surface area contributed by atoms with Gasteiger partial charge in [0.15, 0.2) is 0 Å². The molecule has 4 heteroatoms. The molecule has 2 aliphatic rings. The lowest BCUT2D eigenvalue weighted by atomic mass is 10.1. The standard InChI is InChI=1S/C8H11N2O2/c1-3-7(9-11-5-1)8-4-2-6-12-10-8/h1-3,7-10H,5-6H2. The first-order valence-electron chi connectivity index (χ1n) is 3.96. The lowest BCUT2D eigenvalue weighted by Crippen LogP contribution is -2.48. The molecule has 0 aromatic heterocycles. The second kappa shape index (κ2) is 3.82. The first-order valence-corrected chi connectivity index (χ1v) is 3.96. The topological polar surface area (TPSA) is 42.5 Å². The maximum atomic E-state index is 5.05. The number of nitrogens with one attached hydrogen (secondary N) is 2. The van der Waals surface area contributed by atoms with E-state index in [1.165, 1.54) is 0 Å². The van der Waals surface area contributed by atoms with Gasteiger partial charge in [0.25, 0.3) is 0 Å². The van der Waals surface area contributed by atoms with E-state index in [1.54, 1.807) is 0 Å². The Morgan fingerprint density at radius 3 is 2.83 bits per heavy atom. The van der Waals surface area contributed by atoms with Crippen LogP contribution in [0.2, 0.25) is 0 Å². The summed E-state index contributed by atoms with van der Waals surface area (Å²) in [6.07, 6.45) is 9.01. The molecule has 2 unspecified atom stereocenters. The van der Waals surface area contributed by atoms with Crippen molar-refractivity contribution in [2.75, 3.05) is 13.2 Å². The number of rotatable bonds is 1. The Balaban J connectivity index is 1.97. The predicted octanol–water partition coefficient (Wildman–Crippen LogP) is -0.291. The summed E-state index contributed by atoms with van der Waals surface area (Å²) in [5.74, 6) is 0. The molecule has 1 radical (unpaired) electrons. The van der Waals surface area contributed by atoms with Crippen molar-refractivity contribution >= 4 is 0 Å². The second-order valence-corrected chi connectivity index (χ2v) is 2.66. The molecule has 0 bridgehead atoms. The van der Waals surface area contributed by atoms with Crippen LogP contribution in [0.25, 0.3) is 0 Å². The van der Waals surface area contributed by atoms with Gasteiger partial charge in [-0.15, -0.1) is 0 Å². The minimum atomic E-state index is 0.0373. The van der Waals surface area contributed by atoms with Gasteiger partial charge in [0.05, 0.1) is 25.3 Å². The van der Waals surface area contributed by atoms with Crippen molar-refractivity contribution < 1.29 is 9.68 Å². The summed E-state index contributed by atoms with van der Waals surface area (Å²) in [7, 11) is 0. The molecule has 0 aliphatic carbocycles. The van der Waals surface area contributed by atoms with Crippen LogP contribution in [-0.2, 0) is 9.68 Å². The maximum Gasteiger partial charge on any atom is 0.0870 e. The van der Waals surface area contributed by atoms with E-state index in [1.807, 2.05) is 18.2 Å². The summed E-state index contributed by atoms with van der Waals surface area (Å²) < 4.78 is 0. The molecule has 0 amide bonds. The van der Waals surface area contributed by atoms with Crippen LogP contribution in [0.4, 0.5) is 0 Å². The average molecular weight is 167 g/mol. The lowest BCUT2D eigenvalue weighted by molar-refractivity contribution is -0.0136. The summed E-state index contributed by atoms with van der Waals surface area (Å²) in [6, 6.07) is 0.144.